The van der Waals surface area contributed by atoms with Gasteiger partial charge in [-0.05, 0) is 41.8 Å². The number of rotatable bonds is 7. The molecule has 1 N–H and O–H groups in total. The first-order valence-electron chi connectivity index (χ1n) is 10.4. The fraction of sp³-hybridized carbons (Fsp3) is 0.154. The van der Waals surface area contributed by atoms with Crippen molar-refractivity contribution in [2.24, 2.45) is 0 Å². The second kappa shape index (κ2) is 9.92. The average molecular weight is 507 g/mol. The lowest BCUT2D eigenvalue weighted by Gasteiger charge is -2.13. The molecule has 3 amide bonds. The summed E-state index contributed by atoms with van der Waals surface area (Å²) in [6, 6.07) is 20.7. The van der Waals surface area contributed by atoms with E-state index in [0.29, 0.717) is 28.1 Å². The van der Waals surface area contributed by atoms with Gasteiger partial charge >= 0.3 is 6.03 Å². The van der Waals surface area contributed by atoms with Crippen molar-refractivity contribution < 1.29 is 19.1 Å². The highest BCUT2D eigenvalue weighted by atomic mass is 79.9. The maximum atomic E-state index is 12.9. The van der Waals surface area contributed by atoms with Gasteiger partial charge in [0, 0.05) is 4.47 Å². The van der Waals surface area contributed by atoms with Gasteiger partial charge in [0.25, 0.3) is 5.91 Å². The molecular formula is C26H23BrN2O4. The Kier molecular flexibility index (Phi) is 6.79. The number of amides is 3. The second-order valence-corrected chi connectivity index (χ2v) is 8.52. The monoisotopic (exact) mass is 506 g/mol. The van der Waals surface area contributed by atoms with Crippen molar-refractivity contribution in [3.8, 4) is 11.5 Å². The Labute approximate surface area is 200 Å². The highest BCUT2D eigenvalue weighted by Gasteiger charge is 2.33. The Bertz CT molecular complexity index is 1210. The molecule has 3 aromatic carbocycles. The number of urea groups is 1. The lowest BCUT2D eigenvalue weighted by atomic mass is 10.1. The van der Waals surface area contributed by atoms with Crippen LogP contribution in [0.1, 0.15) is 22.3 Å². The van der Waals surface area contributed by atoms with Gasteiger partial charge in [-0.2, -0.15) is 0 Å². The number of halogens is 1. The average Bonchev–Trinajstić information content (AvgIpc) is 3.08. The van der Waals surface area contributed by atoms with Gasteiger partial charge < -0.3 is 14.8 Å². The first-order valence-corrected chi connectivity index (χ1v) is 11.2. The van der Waals surface area contributed by atoms with Crippen LogP contribution >= 0.6 is 15.9 Å². The van der Waals surface area contributed by atoms with E-state index in [0.717, 1.165) is 16.7 Å². The summed E-state index contributed by atoms with van der Waals surface area (Å²) in [5, 5.41) is 2.67. The van der Waals surface area contributed by atoms with E-state index in [1.807, 2.05) is 61.5 Å². The maximum Gasteiger partial charge on any atom is 0.329 e. The van der Waals surface area contributed by atoms with Crippen molar-refractivity contribution in [2.75, 3.05) is 7.11 Å². The van der Waals surface area contributed by atoms with Crippen molar-refractivity contribution >= 4 is 33.9 Å². The molecule has 0 aliphatic carbocycles. The number of hydrogen-bond acceptors (Lipinski definition) is 4. The summed E-state index contributed by atoms with van der Waals surface area (Å²) in [5.41, 5.74) is 3.92. The lowest BCUT2D eigenvalue weighted by Crippen LogP contribution is -2.30. The Morgan fingerprint density at radius 2 is 1.70 bits per heavy atom. The minimum absolute atomic E-state index is 0.202. The molecule has 6 nitrogen and oxygen atoms in total. The van der Waals surface area contributed by atoms with E-state index < -0.39 is 6.03 Å². The van der Waals surface area contributed by atoms with Crippen molar-refractivity contribution in [3.63, 3.8) is 0 Å². The fourth-order valence-corrected chi connectivity index (χ4v) is 3.85. The number of nitrogens with zero attached hydrogens (tertiary/aromatic N) is 1. The molecule has 0 atom stereocenters. The second-order valence-electron chi connectivity index (χ2n) is 7.66. The topological polar surface area (TPSA) is 67.9 Å². The number of nitrogens with one attached hydrogen (secondary N) is 1. The molecular weight excluding hydrogens is 484 g/mol. The molecule has 1 aliphatic heterocycles. The van der Waals surface area contributed by atoms with E-state index in [9.17, 15) is 9.59 Å². The Balaban J connectivity index is 1.53. The molecule has 0 bridgehead atoms. The van der Waals surface area contributed by atoms with Crippen LogP contribution in [0.25, 0.3) is 6.08 Å². The minimum atomic E-state index is -0.447. The number of hydrogen-bond donors (Lipinski definition) is 1. The summed E-state index contributed by atoms with van der Waals surface area (Å²) in [5.74, 6) is 0.711. The van der Waals surface area contributed by atoms with E-state index in [4.69, 9.17) is 9.47 Å². The lowest BCUT2D eigenvalue weighted by molar-refractivity contribution is -0.123. The predicted molar refractivity (Wildman–Crippen MR) is 130 cm³/mol. The Morgan fingerprint density at radius 1 is 0.970 bits per heavy atom. The number of carbonyl (C=O) groups excluding carboxylic acids is 2. The zero-order chi connectivity index (χ0) is 23.4. The molecule has 0 spiro atoms. The van der Waals surface area contributed by atoms with Gasteiger partial charge in [0.2, 0.25) is 0 Å². The van der Waals surface area contributed by atoms with Crippen LogP contribution in [-0.4, -0.2) is 23.9 Å². The van der Waals surface area contributed by atoms with Gasteiger partial charge in [-0.3, -0.25) is 9.69 Å². The van der Waals surface area contributed by atoms with Crippen LogP contribution in [0.4, 0.5) is 4.79 Å². The summed E-state index contributed by atoms with van der Waals surface area (Å²) in [4.78, 5) is 26.5. The smallest absolute Gasteiger partial charge is 0.329 e. The molecule has 168 valence electrons. The van der Waals surface area contributed by atoms with Crippen LogP contribution in [0.15, 0.2) is 76.9 Å². The number of benzene rings is 3. The first kappa shape index (κ1) is 22.6. The molecule has 1 heterocycles. The van der Waals surface area contributed by atoms with Crippen molar-refractivity contribution in [1.29, 1.82) is 0 Å². The quantitative estimate of drug-likeness (QED) is 0.342. The standard InChI is InChI=1S/C26H23BrN2O4/c1-17-8-10-18(11-9-17)15-29-25(30)22(28-26(29)31)12-20-13-23(32-2)24(14-21(20)27)33-16-19-6-4-3-5-7-19/h3-14H,15-16H2,1-2H3,(H,28,31)/b22-12+. The molecule has 0 saturated carbocycles. The van der Waals surface area contributed by atoms with Gasteiger partial charge in [0.1, 0.15) is 12.3 Å². The molecule has 3 aromatic rings. The van der Waals surface area contributed by atoms with Gasteiger partial charge in [-0.15, -0.1) is 0 Å². The molecule has 33 heavy (non-hydrogen) atoms. The Morgan fingerprint density at radius 3 is 2.39 bits per heavy atom. The summed E-state index contributed by atoms with van der Waals surface area (Å²) in [7, 11) is 1.56. The summed E-state index contributed by atoms with van der Waals surface area (Å²) in [6.45, 7) is 2.59. The van der Waals surface area contributed by atoms with E-state index in [-0.39, 0.29) is 18.1 Å². The molecule has 7 heteroatoms. The third-order valence-electron chi connectivity index (χ3n) is 5.24. The first-order chi connectivity index (χ1) is 15.9. The third-order valence-corrected chi connectivity index (χ3v) is 5.93. The molecule has 4 rings (SSSR count). The predicted octanol–water partition coefficient (Wildman–Crippen LogP) is 5.44. The van der Waals surface area contributed by atoms with Gasteiger partial charge in [-0.25, -0.2) is 4.79 Å². The van der Waals surface area contributed by atoms with Gasteiger partial charge in [-0.1, -0.05) is 76.1 Å². The van der Waals surface area contributed by atoms with Crippen molar-refractivity contribution in [3.05, 3.63) is 99.2 Å². The molecule has 1 fully saturated rings. The highest BCUT2D eigenvalue weighted by Crippen LogP contribution is 2.35. The zero-order valence-corrected chi connectivity index (χ0v) is 19.9. The van der Waals surface area contributed by atoms with E-state index >= 15 is 0 Å². The molecule has 0 aromatic heterocycles. The van der Waals surface area contributed by atoms with Gasteiger partial charge in [0.15, 0.2) is 11.5 Å². The van der Waals surface area contributed by atoms with Crippen molar-refractivity contribution in [2.45, 2.75) is 20.1 Å². The summed E-state index contributed by atoms with van der Waals surface area (Å²) in [6.07, 6.45) is 1.63. The van der Waals surface area contributed by atoms with E-state index in [2.05, 4.69) is 21.2 Å². The zero-order valence-electron chi connectivity index (χ0n) is 18.3. The Hall–Kier alpha value is -3.58. The van der Waals surface area contributed by atoms with Crippen LogP contribution in [0.3, 0.4) is 0 Å². The molecule has 0 radical (unpaired) electrons. The van der Waals surface area contributed by atoms with Gasteiger partial charge in [0.05, 0.1) is 13.7 Å². The van der Waals surface area contributed by atoms with Crippen LogP contribution in [0, 0.1) is 6.92 Å². The highest BCUT2D eigenvalue weighted by molar-refractivity contribution is 9.10. The summed E-state index contributed by atoms with van der Waals surface area (Å²) >= 11 is 3.54. The van der Waals surface area contributed by atoms with Crippen LogP contribution < -0.4 is 14.8 Å². The molecule has 0 unspecified atom stereocenters. The summed E-state index contributed by atoms with van der Waals surface area (Å²) < 4.78 is 12.1. The maximum absolute atomic E-state index is 12.9. The van der Waals surface area contributed by atoms with Crippen LogP contribution in [0.5, 0.6) is 11.5 Å². The van der Waals surface area contributed by atoms with Crippen molar-refractivity contribution in [1.82, 2.24) is 10.2 Å². The number of carbonyl (C=O) groups is 2. The van der Waals surface area contributed by atoms with Crippen LogP contribution in [0.2, 0.25) is 0 Å². The van der Waals surface area contributed by atoms with Crippen LogP contribution in [-0.2, 0) is 17.9 Å². The normalized spacial score (nSPS) is 14.5. The number of aryl methyl sites for hydroxylation is 1. The molecule has 1 saturated heterocycles. The van der Waals surface area contributed by atoms with E-state index in [1.54, 1.807) is 25.3 Å². The molecule has 1 aliphatic rings. The fourth-order valence-electron chi connectivity index (χ4n) is 3.42. The third kappa shape index (κ3) is 5.26. The number of methoxy groups -OCH3 is 1. The van der Waals surface area contributed by atoms with E-state index in [1.165, 1.54) is 4.90 Å². The number of imide groups is 1. The minimum Gasteiger partial charge on any atom is -0.493 e. The largest absolute Gasteiger partial charge is 0.493 e. The SMILES string of the molecule is COc1cc(/C=C2/NC(=O)N(Cc3ccc(C)cc3)C2=O)c(Br)cc1OCc1ccccc1. The number of ether oxygens (including phenoxy) is 2.